The molecule has 12 rings (SSSR count). The van der Waals surface area contributed by atoms with Gasteiger partial charge in [0, 0.05) is 47.7 Å². The van der Waals surface area contributed by atoms with Gasteiger partial charge in [0.25, 0.3) is 0 Å². The van der Waals surface area contributed by atoms with Crippen LogP contribution in [0.3, 0.4) is 0 Å². The van der Waals surface area contributed by atoms with Crippen molar-refractivity contribution in [2.45, 2.75) is 131 Å². The summed E-state index contributed by atoms with van der Waals surface area (Å²) in [5.74, 6) is -3.77. The summed E-state index contributed by atoms with van der Waals surface area (Å²) in [5.41, 5.74) is 4.43. The van der Waals surface area contributed by atoms with Crippen LogP contribution >= 0.6 is 0 Å². The summed E-state index contributed by atoms with van der Waals surface area (Å²) in [6.07, 6.45) is 15.5. The summed E-state index contributed by atoms with van der Waals surface area (Å²) >= 11 is 0. The van der Waals surface area contributed by atoms with E-state index in [1.165, 1.54) is 25.0 Å². The maximum atomic E-state index is 14.5. The summed E-state index contributed by atoms with van der Waals surface area (Å²) in [5, 5.41) is 36.1. The van der Waals surface area contributed by atoms with E-state index < -0.39 is 93.6 Å². The van der Waals surface area contributed by atoms with E-state index in [0.29, 0.717) is 38.5 Å². The third-order valence-electron chi connectivity index (χ3n) is 21.9. The fraction of sp³-hybridized carbons (Fsp3) is 0.531. The first kappa shape index (κ1) is 53.6. The summed E-state index contributed by atoms with van der Waals surface area (Å²) in [4.78, 5) is 53.3. The van der Waals surface area contributed by atoms with E-state index >= 15 is 0 Å². The molecule has 8 aliphatic carbocycles. The molecule has 4 fully saturated rings. The standard InChI is InChI=1S/C64H75BN4O10/c1-35-21-45-49-23-37(3)63(74,55(72)33-76-39(5)70)61(49,9)29-53(57(45)59(7)27-41-31-66-68(51(41)25-47(35)59)43-17-13-11-14-18-43)78-65-79-54-30-62(10)50(24-38(4)64(62,75)56(73)34-77-40(6)71)46-22-36(2)48-26-52-42(28-60(48,8)58(46)54)32-67-69(52)44-19-15-12-16-20-44/h11-22,25-26,31-32,37-38,45-46,49-50,53-54,57-58,65,74-75H,23-24,27-30,33-34H2,1-10H3. The minimum absolute atomic E-state index is 0.113. The molecule has 14 nitrogen and oxygen atoms in total. The van der Waals surface area contributed by atoms with Gasteiger partial charge in [-0.05, 0) is 158 Å². The molecule has 0 aliphatic heterocycles. The molecule has 2 N–H and O–H groups in total. The van der Waals surface area contributed by atoms with Crippen molar-refractivity contribution in [1.82, 2.24) is 19.6 Å². The minimum Gasteiger partial charge on any atom is -0.458 e. The van der Waals surface area contributed by atoms with Gasteiger partial charge in [-0.25, -0.2) is 9.36 Å². The topological polar surface area (TPSA) is 181 Å². The number of ether oxygens (including phenoxy) is 2. The Bertz CT molecular complexity index is 3090. The number of hydrogen-bond acceptors (Lipinski definition) is 12. The number of hydrogen-bond donors (Lipinski definition) is 2. The van der Waals surface area contributed by atoms with Crippen LogP contribution in [0.2, 0.25) is 0 Å². The summed E-state index contributed by atoms with van der Waals surface area (Å²) in [6, 6.07) is 20.3. The SMILES string of the molecule is CC(=O)OCC(=O)C1(O)C(C)CC2C3C=C(C)C4=Cc5c(cnn5-c5ccccc5)CC4(C)C3C(OBOC3CC4(C)C(CC(C)C4(O)C(=O)COC(C)=O)C4C=C(C)C5=Cc6c(cnn6-c6ccccc6)CC5(C)C34)CC21C. The third-order valence-corrected chi connectivity index (χ3v) is 21.9. The van der Waals surface area contributed by atoms with Gasteiger partial charge in [-0.1, -0.05) is 101 Å². The number of carbonyl (C=O) groups excluding carboxylic acids is 4. The summed E-state index contributed by atoms with van der Waals surface area (Å²) in [7, 11) is -0.141. The molecule has 0 spiro atoms. The number of fused-ring (bicyclic) bond motifs is 12. The quantitative estimate of drug-likeness (QED) is 0.102. The predicted molar refractivity (Wildman–Crippen MR) is 298 cm³/mol. The van der Waals surface area contributed by atoms with Crippen LogP contribution in [0.1, 0.15) is 117 Å². The maximum absolute atomic E-state index is 14.5. The molecule has 15 heteroatoms. The Morgan fingerprint density at radius 1 is 0.620 bits per heavy atom. The molecule has 414 valence electrons. The Kier molecular flexibility index (Phi) is 12.8. The van der Waals surface area contributed by atoms with Crippen molar-refractivity contribution >= 4 is 43.3 Å². The van der Waals surface area contributed by atoms with Gasteiger partial charge in [0.05, 0.1) is 35.2 Å². The summed E-state index contributed by atoms with van der Waals surface area (Å²) < 4.78 is 29.5. The average Bonchev–Trinajstić information content (AvgIpc) is 4.34. The maximum Gasteiger partial charge on any atom is 0.438 e. The van der Waals surface area contributed by atoms with E-state index in [0.717, 1.165) is 45.0 Å². The van der Waals surface area contributed by atoms with E-state index in [1.807, 2.05) is 85.9 Å². The lowest BCUT2D eigenvalue weighted by molar-refractivity contribution is -0.185. The molecule has 2 heterocycles. The lowest BCUT2D eigenvalue weighted by Crippen LogP contribution is -2.64. The molecular weight excluding hydrogens is 996 g/mol. The van der Waals surface area contributed by atoms with Crippen molar-refractivity contribution < 1.29 is 48.2 Å². The van der Waals surface area contributed by atoms with Gasteiger partial charge >= 0.3 is 19.6 Å². The van der Waals surface area contributed by atoms with Crippen molar-refractivity contribution in [2.24, 2.45) is 69.0 Å². The minimum atomic E-state index is -1.82. The highest BCUT2D eigenvalue weighted by atomic mass is 16.6. The largest absolute Gasteiger partial charge is 0.458 e. The monoisotopic (exact) mass is 1070 g/mol. The van der Waals surface area contributed by atoms with Crippen LogP contribution in [0.25, 0.3) is 23.5 Å². The van der Waals surface area contributed by atoms with Gasteiger partial charge in [0.15, 0.2) is 13.2 Å². The summed E-state index contributed by atoms with van der Waals surface area (Å²) in [6.45, 7) is 18.5. The Hall–Kier alpha value is -6.00. The van der Waals surface area contributed by atoms with Gasteiger partial charge in [0.1, 0.15) is 11.2 Å². The first-order valence-corrected chi connectivity index (χ1v) is 28.6. The number of allylic oxidation sites excluding steroid dienone is 6. The molecule has 0 bridgehead atoms. The van der Waals surface area contributed by atoms with Crippen molar-refractivity contribution in [3.63, 3.8) is 0 Å². The normalized spacial score (nSPS) is 38.3. The fourth-order valence-electron chi connectivity index (χ4n) is 18.5. The van der Waals surface area contributed by atoms with Crippen molar-refractivity contribution in [3.05, 3.63) is 130 Å². The van der Waals surface area contributed by atoms with Gasteiger partial charge in [-0.2, -0.15) is 10.2 Å². The first-order chi connectivity index (χ1) is 37.5. The number of aliphatic hydroxyl groups is 2. The first-order valence-electron chi connectivity index (χ1n) is 28.6. The van der Waals surface area contributed by atoms with E-state index in [9.17, 15) is 29.4 Å². The number of carbonyl (C=O) groups is 4. The highest BCUT2D eigenvalue weighted by Crippen LogP contribution is 2.71. The zero-order valence-corrected chi connectivity index (χ0v) is 47.3. The number of ketones is 2. The molecule has 16 atom stereocenters. The molecule has 8 aliphatic rings. The van der Waals surface area contributed by atoms with E-state index in [-0.39, 0.29) is 43.2 Å². The number of Topliss-reactive ketones (excluding diaryl/α,β-unsaturated/α-hetero) is 2. The van der Waals surface area contributed by atoms with Crippen molar-refractivity contribution in [2.75, 3.05) is 13.2 Å². The van der Waals surface area contributed by atoms with Crippen LogP contribution in [-0.4, -0.2) is 97.6 Å². The van der Waals surface area contributed by atoms with Gasteiger partial charge < -0.3 is 29.0 Å². The van der Waals surface area contributed by atoms with Gasteiger partial charge in [-0.3, -0.25) is 19.2 Å². The third kappa shape index (κ3) is 7.70. The smallest absolute Gasteiger partial charge is 0.438 e. The second-order valence-corrected chi connectivity index (χ2v) is 26.0. The zero-order valence-electron chi connectivity index (χ0n) is 47.3. The second-order valence-electron chi connectivity index (χ2n) is 26.0. The van der Waals surface area contributed by atoms with Crippen LogP contribution < -0.4 is 0 Å². The average molecular weight is 1070 g/mol. The van der Waals surface area contributed by atoms with Crippen LogP contribution in [0.5, 0.6) is 0 Å². The molecule has 4 saturated carbocycles. The van der Waals surface area contributed by atoms with Crippen molar-refractivity contribution in [1.29, 1.82) is 0 Å². The lowest BCUT2D eigenvalue weighted by Gasteiger charge is -2.61. The Labute approximate surface area is 464 Å². The van der Waals surface area contributed by atoms with E-state index in [1.54, 1.807) is 0 Å². The van der Waals surface area contributed by atoms with Gasteiger partial charge in [-0.15, -0.1) is 0 Å². The molecule has 0 saturated heterocycles. The number of rotatable bonds is 12. The number of benzene rings is 2. The zero-order chi connectivity index (χ0) is 55.9. The van der Waals surface area contributed by atoms with Gasteiger partial charge in [0.2, 0.25) is 11.6 Å². The molecule has 2 aromatic heterocycles. The second kappa shape index (κ2) is 18.8. The Morgan fingerprint density at radius 3 is 1.37 bits per heavy atom. The molecule has 2 aromatic carbocycles. The predicted octanol–water partition coefficient (Wildman–Crippen LogP) is 8.93. The van der Waals surface area contributed by atoms with Crippen LogP contribution in [-0.2, 0) is 50.8 Å². The van der Waals surface area contributed by atoms with E-state index in [2.05, 4.69) is 76.3 Å². The Balaban J connectivity index is 0.942. The Morgan fingerprint density at radius 2 is 1.00 bits per heavy atom. The molecule has 4 aromatic rings. The number of nitrogens with zero attached hydrogens (tertiary/aromatic N) is 4. The molecule has 79 heavy (non-hydrogen) atoms. The number of aromatic nitrogens is 4. The van der Waals surface area contributed by atoms with Crippen molar-refractivity contribution in [3.8, 4) is 11.4 Å². The molecule has 0 amide bonds. The highest BCUT2D eigenvalue weighted by molar-refractivity contribution is 6.18. The molecule has 16 unspecified atom stereocenters. The fourth-order valence-corrected chi connectivity index (χ4v) is 18.5. The van der Waals surface area contributed by atoms with Crippen LogP contribution in [0.4, 0.5) is 0 Å². The van der Waals surface area contributed by atoms with Crippen LogP contribution in [0.15, 0.2) is 108 Å². The lowest BCUT2D eigenvalue weighted by atomic mass is 9.45. The number of esters is 2. The molecular formula is C64H75BN4O10. The molecule has 0 radical (unpaired) electrons. The number of para-hydroxylation sites is 2. The van der Waals surface area contributed by atoms with E-state index in [4.69, 9.17) is 29.0 Å². The van der Waals surface area contributed by atoms with Crippen LogP contribution in [0, 0.1) is 69.0 Å². The highest BCUT2D eigenvalue weighted by Gasteiger charge is 2.73.